The summed E-state index contributed by atoms with van der Waals surface area (Å²) in [5.41, 5.74) is 0.559. The van der Waals surface area contributed by atoms with E-state index in [1.54, 1.807) is 6.07 Å². The van der Waals surface area contributed by atoms with Gasteiger partial charge >= 0.3 is 0 Å². The maximum Gasteiger partial charge on any atom is 0.258 e. The number of benzene rings is 1. The summed E-state index contributed by atoms with van der Waals surface area (Å²) in [5, 5.41) is 3.95. The normalized spacial score (nSPS) is 22.4. The predicted octanol–water partition coefficient (Wildman–Crippen LogP) is 1.58. The van der Waals surface area contributed by atoms with Crippen LogP contribution in [0.5, 0.6) is 0 Å². The molecule has 0 radical (unpaired) electrons. The molecule has 1 unspecified atom stereocenters. The number of H-pyrrole nitrogens is 1. The molecule has 5 heteroatoms. The molecule has 0 amide bonds. The molecule has 1 saturated heterocycles. The summed E-state index contributed by atoms with van der Waals surface area (Å²) in [6, 6.07) is 7.37. The number of para-hydroxylation sites is 1. The number of rotatable bonds is 4. The second-order valence-electron chi connectivity index (χ2n) is 5.54. The van der Waals surface area contributed by atoms with E-state index in [9.17, 15) is 4.79 Å². The van der Waals surface area contributed by atoms with Gasteiger partial charge in [-0.1, -0.05) is 12.1 Å². The Balaban J connectivity index is 1.70. The van der Waals surface area contributed by atoms with E-state index in [-0.39, 0.29) is 11.2 Å². The first-order valence-corrected chi connectivity index (χ1v) is 6.99. The molecule has 5 nitrogen and oxygen atoms in total. The van der Waals surface area contributed by atoms with Crippen molar-refractivity contribution >= 4 is 10.9 Å². The van der Waals surface area contributed by atoms with Crippen LogP contribution < -0.4 is 10.9 Å². The zero-order valence-electron chi connectivity index (χ0n) is 11.6. The quantitative estimate of drug-likeness (QED) is 0.887. The zero-order valence-corrected chi connectivity index (χ0v) is 11.6. The van der Waals surface area contributed by atoms with Crippen molar-refractivity contribution in [3.05, 3.63) is 40.4 Å². The fraction of sp³-hybridized carbons (Fsp3) is 0.467. The van der Waals surface area contributed by atoms with Crippen LogP contribution in [0.15, 0.2) is 29.1 Å². The highest BCUT2D eigenvalue weighted by Gasteiger charge is 2.29. The fourth-order valence-electron chi connectivity index (χ4n) is 2.64. The molecule has 1 fully saturated rings. The molecule has 0 saturated carbocycles. The van der Waals surface area contributed by atoms with E-state index in [1.165, 1.54) is 0 Å². The van der Waals surface area contributed by atoms with Crippen LogP contribution in [0.3, 0.4) is 0 Å². The van der Waals surface area contributed by atoms with Gasteiger partial charge in [0.2, 0.25) is 0 Å². The van der Waals surface area contributed by atoms with Gasteiger partial charge in [-0.05, 0) is 31.9 Å². The Morgan fingerprint density at radius 3 is 3.10 bits per heavy atom. The molecule has 1 aromatic heterocycles. The Kier molecular flexibility index (Phi) is 3.54. The lowest BCUT2D eigenvalue weighted by atomic mass is 10.0. The smallest absolute Gasteiger partial charge is 0.258 e. The third-order valence-electron chi connectivity index (χ3n) is 3.75. The summed E-state index contributed by atoms with van der Waals surface area (Å²) < 4.78 is 5.72. The van der Waals surface area contributed by atoms with Crippen LogP contribution in [0.2, 0.25) is 0 Å². The molecule has 3 rings (SSSR count). The van der Waals surface area contributed by atoms with Gasteiger partial charge in [0.05, 0.1) is 23.0 Å². The van der Waals surface area contributed by atoms with Crippen molar-refractivity contribution in [3.8, 4) is 0 Å². The second-order valence-corrected chi connectivity index (χ2v) is 5.54. The molecule has 2 N–H and O–H groups in total. The van der Waals surface area contributed by atoms with Crippen molar-refractivity contribution in [2.45, 2.75) is 31.9 Å². The fourth-order valence-corrected chi connectivity index (χ4v) is 2.64. The molecule has 1 atom stereocenters. The number of nitrogens with one attached hydrogen (secondary N) is 2. The summed E-state index contributed by atoms with van der Waals surface area (Å²) in [6.07, 6.45) is 2.19. The number of fused-ring (bicyclic) bond motifs is 1. The Hall–Kier alpha value is -1.72. The minimum Gasteiger partial charge on any atom is -0.374 e. The van der Waals surface area contributed by atoms with Crippen molar-refractivity contribution < 1.29 is 4.74 Å². The topological polar surface area (TPSA) is 67.0 Å². The van der Waals surface area contributed by atoms with Gasteiger partial charge in [0.15, 0.2) is 0 Å². The minimum absolute atomic E-state index is 0.0862. The van der Waals surface area contributed by atoms with Gasteiger partial charge in [0.1, 0.15) is 5.82 Å². The van der Waals surface area contributed by atoms with Gasteiger partial charge in [-0.25, -0.2) is 4.98 Å². The predicted molar refractivity (Wildman–Crippen MR) is 77.7 cm³/mol. The molecule has 0 spiro atoms. The number of hydrogen-bond acceptors (Lipinski definition) is 4. The van der Waals surface area contributed by atoms with Gasteiger partial charge in [0.25, 0.3) is 5.56 Å². The molecule has 20 heavy (non-hydrogen) atoms. The van der Waals surface area contributed by atoms with Crippen LogP contribution in [0, 0.1) is 0 Å². The Bertz CT molecular complexity index is 659. The highest BCUT2D eigenvalue weighted by molar-refractivity contribution is 5.77. The van der Waals surface area contributed by atoms with Crippen molar-refractivity contribution in [2.24, 2.45) is 0 Å². The lowest BCUT2D eigenvalue weighted by Gasteiger charge is -2.23. The number of hydrogen-bond donors (Lipinski definition) is 2. The number of ether oxygens (including phenoxy) is 1. The molecule has 106 valence electrons. The molecule has 1 aliphatic rings. The molecular formula is C15H19N3O2. The van der Waals surface area contributed by atoms with E-state index < -0.39 is 0 Å². The summed E-state index contributed by atoms with van der Waals surface area (Å²) >= 11 is 0. The first-order chi connectivity index (χ1) is 9.66. The molecule has 2 aromatic rings. The molecule has 0 bridgehead atoms. The SMILES string of the molecule is CC1(CNCc2nc3ccccc3c(=O)[nH]2)CCCO1. The molecule has 0 aliphatic carbocycles. The van der Waals surface area contributed by atoms with E-state index >= 15 is 0 Å². The van der Waals surface area contributed by atoms with E-state index in [0.717, 1.165) is 31.5 Å². The van der Waals surface area contributed by atoms with Gasteiger partial charge in [-0.3, -0.25) is 4.79 Å². The van der Waals surface area contributed by atoms with E-state index in [1.807, 2.05) is 18.2 Å². The van der Waals surface area contributed by atoms with Gasteiger partial charge in [0, 0.05) is 13.2 Å². The summed E-state index contributed by atoms with van der Waals surface area (Å²) in [6.45, 7) is 4.26. The molecule has 1 aliphatic heterocycles. The van der Waals surface area contributed by atoms with Crippen molar-refractivity contribution in [1.82, 2.24) is 15.3 Å². The second kappa shape index (κ2) is 5.34. The lowest BCUT2D eigenvalue weighted by molar-refractivity contribution is 0.0205. The number of aromatic amines is 1. The standard InChI is InChI=1S/C15H19N3O2/c1-15(7-4-8-20-15)10-16-9-13-17-12-6-3-2-5-11(12)14(19)18-13/h2-3,5-6,16H,4,7-10H2,1H3,(H,17,18,19). The maximum atomic E-state index is 11.9. The Morgan fingerprint density at radius 2 is 2.30 bits per heavy atom. The number of aromatic nitrogens is 2. The Morgan fingerprint density at radius 1 is 1.45 bits per heavy atom. The first-order valence-electron chi connectivity index (χ1n) is 6.99. The van der Waals surface area contributed by atoms with Crippen LogP contribution in [0.1, 0.15) is 25.6 Å². The van der Waals surface area contributed by atoms with Gasteiger partial charge in [-0.15, -0.1) is 0 Å². The van der Waals surface area contributed by atoms with Crippen molar-refractivity contribution in [1.29, 1.82) is 0 Å². The van der Waals surface area contributed by atoms with Gasteiger partial charge < -0.3 is 15.0 Å². The zero-order chi connectivity index (χ0) is 14.0. The van der Waals surface area contributed by atoms with Crippen molar-refractivity contribution in [2.75, 3.05) is 13.2 Å². The van der Waals surface area contributed by atoms with Crippen LogP contribution in [-0.4, -0.2) is 28.7 Å². The summed E-state index contributed by atoms with van der Waals surface area (Å²) in [7, 11) is 0. The average Bonchev–Trinajstić information content (AvgIpc) is 2.86. The highest BCUT2D eigenvalue weighted by atomic mass is 16.5. The maximum absolute atomic E-state index is 11.9. The summed E-state index contributed by atoms with van der Waals surface area (Å²) in [4.78, 5) is 19.2. The first kappa shape index (κ1) is 13.3. The minimum atomic E-state index is -0.0873. The summed E-state index contributed by atoms with van der Waals surface area (Å²) in [5.74, 6) is 0.662. The third kappa shape index (κ3) is 2.73. The monoisotopic (exact) mass is 273 g/mol. The van der Waals surface area contributed by atoms with Gasteiger partial charge in [-0.2, -0.15) is 0 Å². The molecule has 2 heterocycles. The molecular weight excluding hydrogens is 254 g/mol. The van der Waals surface area contributed by atoms with E-state index in [2.05, 4.69) is 22.2 Å². The van der Waals surface area contributed by atoms with Crippen molar-refractivity contribution in [3.63, 3.8) is 0 Å². The number of nitrogens with zero attached hydrogens (tertiary/aromatic N) is 1. The van der Waals surface area contributed by atoms with Crippen LogP contribution >= 0.6 is 0 Å². The van der Waals surface area contributed by atoms with E-state index in [0.29, 0.717) is 17.8 Å². The largest absolute Gasteiger partial charge is 0.374 e. The highest BCUT2D eigenvalue weighted by Crippen LogP contribution is 2.23. The van der Waals surface area contributed by atoms with E-state index in [4.69, 9.17) is 4.74 Å². The van der Waals surface area contributed by atoms with Crippen LogP contribution in [0.25, 0.3) is 10.9 Å². The lowest BCUT2D eigenvalue weighted by Crippen LogP contribution is -2.37. The third-order valence-corrected chi connectivity index (χ3v) is 3.75. The average molecular weight is 273 g/mol. The van der Waals surface area contributed by atoms with Crippen LogP contribution in [-0.2, 0) is 11.3 Å². The Labute approximate surface area is 117 Å². The molecule has 1 aromatic carbocycles. The van der Waals surface area contributed by atoms with Crippen LogP contribution in [0.4, 0.5) is 0 Å².